The second-order valence-corrected chi connectivity index (χ2v) is 5.67. The summed E-state index contributed by atoms with van der Waals surface area (Å²) in [6, 6.07) is 11.2. The third-order valence-electron chi connectivity index (χ3n) is 3.60. The van der Waals surface area contributed by atoms with Gasteiger partial charge in [-0.3, -0.25) is 14.4 Å². The summed E-state index contributed by atoms with van der Waals surface area (Å²) in [5, 5.41) is 4.85. The van der Waals surface area contributed by atoms with Crippen LogP contribution in [0.2, 0.25) is 0 Å². The van der Waals surface area contributed by atoms with E-state index in [-0.39, 0.29) is 12.2 Å². The highest BCUT2D eigenvalue weighted by Crippen LogP contribution is 2.13. The van der Waals surface area contributed by atoms with Gasteiger partial charge in [0, 0.05) is 11.3 Å². The molecule has 2 N–H and O–H groups in total. The monoisotopic (exact) mass is 358 g/mol. The minimum absolute atomic E-state index is 0.266. The van der Waals surface area contributed by atoms with Gasteiger partial charge in [-0.05, 0) is 43.2 Å². The summed E-state index contributed by atoms with van der Waals surface area (Å²) in [6.45, 7) is 2.49. The van der Waals surface area contributed by atoms with Crippen LogP contribution < -0.4 is 10.6 Å². The zero-order chi connectivity index (χ0) is 19.1. The molecule has 0 spiro atoms. The number of rotatable bonds is 6. The Bertz CT molecular complexity index is 836. The van der Waals surface area contributed by atoms with E-state index in [0.29, 0.717) is 11.1 Å². The van der Waals surface area contributed by atoms with Crippen molar-refractivity contribution in [2.45, 2.75) is 13.8 Å². The van der Waals surface area contributed by atoms with Crippen LogP contribution in [0.25, 0.3) is 0 Å². The van der Waals surface area contributed by atoms with Crippen molar-refractivity contribution in [1.29, 1.82) is 0 Å². The molecule has 0 radical (unpaired) electrons. The number of anilines is 1. The lowest BCUT2D eigenvalue weighted by atomic mass is 10.1. The first-order chi connectivity index (χ1) is 12.4. The van der Waals surface area contributed by atoms with Gasteiger partial charge in [0.1, 0.15) is 12.4 Å². The van der Waals surface area contributed by atoms with Gasteiger partial charge in [-0.2, -0.15) is 0 Å². The Morgan fingerprint density at radius 1 is 1.04 bits per heavy atom. The third kappa shape index (κ3) is 5.41. The quantitative estimate of drug-likeness (QED) is 0.777. The molecule has 0 saturated carbocycles. The summed E-state index contributed by atoms with van der Waals surface area (Å²) in [5.41, 5.74) is 1.96. The number of esters is 1. The highest BCUT2D eigenvalue weighted by Gasteiger charge is 2.12. The molecule has 2 rings (SSSR count). The zero-order valence-corrected chi connectivity index (χ0v) is 14.5. The number of hydrogen-bond acceptors (Lipinski definition) is 4. The van der Waals surface area contributed by atoms with Crippen molar-refractivity contribution in [2.24, 2.45) is 0 Å². The van der Waals surface area contributed by atoms with Gasteiger partial charge in [0.05, 0.1) is 0 Å². The van der Waals surface area contributed by atoms with Crippen LogP contribution in [0.1, 0.15) is 21.5 Å². The summed E-state index contributed by atoms with van der Waals surface area (Å²) in [7, 11) is 0. The van der Waals surface area contributed by atoms with Crippen molar-refractivity contribution in [3.8, 4) is 0 Å². The average molecular weight is 358 g/mol. The van der Waals surface area contributed by atoms with Gasteiger partial charge in [-0.1, -0.05) is 24.3 Å². The molecule has 7 heteroatoms. The number of hydrogen-bond donors (Lipinski definition) is 2. The Morgan fingerprint density at radius 3 is 2.46 bits per heavy atom. The number of benzene rings is 2. The maximum atomic E-state index is 13.4. The van der Waals surface area contributed by atoms with E-state index in [2.05, 4.69) is 10.6 Å². The molecular weight excluding hydrogens is 339 g/mol. The lowest BCUT2D eigenvalue weighted by molar-refractivity contribution is -0.146. The number of carbonyl (C=O) groups excluding carboxylic acids is 3. The predicted octanol–water partition coefficient (Wildman–Crippen LogP) is 2.35. The van der Waals surface area contributed by atoms with Crippen molar-refractivity contribution in [3.63, 3.8) is 0 Å². The second-order valence-electron chi connectivity index (χ2n) is 5.67. The normalized spacial score (nSPS) is 10.1. The van der Waals surface area contributed by atoms with Crippen LogP contribution in [-0.2, 0) is 14.3 Å². The molecule has 2 aromatic rings. The van der Waals surface area contributed by atoms with Crippen LogP contribution in [0.4, 0.5) is 10.1 Å². The van der Waals surface area contributed by atoms with Crippen LogP contribution in [0.5, 0.6) is 0 Å². The molecule has 6 nitrogen and oxygen atoms in total. The SMILES string of the molecule is Cc1ccc(NC(=O)COC(=O)CNC(=O)c2ccccc2C)cc1F. The van der Waals surface area contributed by atoms with Gasteiger partial charge in [0.15, 0.2) is 6.61 Å². The average Bonchev–Trinajstić information content (AvgIpc) is 2.61. The summed E-state index contributed by atoms with van der Waals surface area (Å²) in [6.07, 6.45) is 0. The van der Waals surface area contributed by atoms with Gasteiger partial charge in [0.2, 0.25) is 0 Å². The molecule has 0 atom stereocenters. The molecule has 26 heavy (non-hydrogen) atoms. The van der Waals surface area contributed by atoms with Crippen molar-refractivity contribution in [3.05, 3.63) is 65.0 Å². The molecule has 0 aliphatic heterocycles. The molecule has 0 saturated heterocycles. The van der Waals surface area contributed by atoms with E-state index in [9.17, 15) is 18.8 Å². The maximum absolute atomic E-state index is 13.4. The first-order valence-electron chi connectivity index (χ1n) is 7.92. The summed E-state index contributed by atoms with van der Waals surface area (Å²) in [4.78, 5) is 35.3. The molecule has 2 amide bonds. The Hall–Kier alpha value is -3.22. The van der Waals surface area contributed by atoms with Crippen molar-refractivity contribution >= 4 is 23.5 Å². The second kappa shape index (κ2) is 8.75. The van der Waals surface area contributed by atoms with E-state index in [1.807, 2.05) is 0 Å². The molecule has 136 valence electrons. The van der Waals surface area contributed by atoms with E-state index in [1.165, 1.54) is 12.1 Å². The van der Waals surface area contributed by atoms with Crippen LogP contribution in [0.15, 0.2) is 42.5 Å². The maximum Gasteiger partial charge on any atom is 0.325 e. The summed E-state index contributed by atoms with van der Waals surface area (Å²) < 4.78 is 18.2. The van der Waals surface area contributed by atoms with Crippen molar-refractivity contribution in [2.75, 3.05) is 18.5 Å². The van der Waals surface area contributed by atoms with E-state index in [0.717, 1.165) is 5.56 Å². The first-order valence-corrected chi connectivity index (χ1v) is 7.92. The summed E-state index contributed by atoms with van der Waals surface area (Å²) in [5.74, 6) is -2.21. The number of amides is 2. The van der Waals surface area contributed by atoms with Gasteiger partial charge in [-0.25, -0.2) is 4.39 Å². The van der Waals surface area contributed by atoms with Gasteiger partial charge in [-0.15, -0.1) is 0 Å². The van der Waals surface area contributed by atoms with Crippen molar-refractivity contribution in [1.82, 2.24) is 5.32 Å². The van der Waals surface area contributed by atoms with E-state index in [1.54, 1.807) is 44.2 Å². The molecular formula is C19H19FN2O4. The molecule has 2 aromatic carbocycles. The minimum Gasteiger partial charge on any atom is -0.454 e. The Labute approximate surface area is 150 Å². The first kappa shape index (κ1) is 19.1. The minimum atomic E-state index is -0.753. The molecule has 0 aromatic heterocycles. The number of halogens is 1. The lowest BCUT2D eigenvalue weighted by Crippen LogP contribution is -2.32. The molecule has 0 unspecified atom stereocenters. The predicted molar refractivity (Wildman–Crippen MR) is 94.2 cm³/mol. The summed E-state index contributed by atoms with van der Waals surface area (Å²) >= 11 is 0. The van der Waals surface area contributed by atoms with Crippen molar-refractivity contribution < 1.29 is 23.5 Å². The van der Waals surface area contributed by atoms with Gasteiger partial charge in [0.25, 0.3) is 11.8 Å². The number of ether oxygens (including phenoxy) is 1. The highest BCUT2D eigenvalue weighted by atomic mass is 19.1. The standard InChI is InChI=1S/C19H19FN2O4/c1-12-5-3-4-6-15(12)19(25)21-10-18(24)26-11-17(23)22-14-8-7-13(2)16(20)9-14/h3-9H,10-11H2,1-2H3,(H,21,25)(H,22,23). The molecule has 0 aliphatic rings. The van der Waals surface area contributed by atoms with Gasteiger partial charge < -0.3 is 15.4 Å². The van der Waals surface area contributed by atoms with Crippen LogP contribution in [0.3, 0.4) is 0 Å². The largest absolute Gasteiger partial charge is 0.454 e. The van der Waals surface area contributed by atoms with Crippen LogP contribution in [-0.4, -0.2) is 30.9 Å². The highest BCUT2D eigenvalue weighted by molar-refractivity contribution is 5.97. The Morgan fingerprint density at radius 2 is 1.77 bits per heavy atom. The molecule has 0 bridgehead atoms. The third-order valence-corrected chi connectivity index (χ3v) is 3.60. The number of nitrogens with one attached hydrogen (secondary N) is 2. The smallest absolute Gasteiger partial charge is 0.325 e. The Kier molecular flexibility index (Phi) is 6.43. The van der Waals surface area contributed by atoms with E-state index >= 15 is 0 Å². The topological polar surface area (TPSA) is 84.5 Å². The van der Waals surface area contributed by atoms with Crippen LogP contribution in [0, 0.1) is 19.7 Å². The van der Waals surface area contributed by atoms with Gasteiger partial charge >= 0.3 is 5.97 Å². The molecule has 0 fully saturated rings. The lowest BCUT2D eigenvalue weighted by Gasteiger charge is -2.09. The number of carbonyl (C=O) groups is 3. The fraction of sp³-hybridized carbons (Fsp3) is 0.211. The van der Waals surface area contributed by atoms with E-state index in [4.69, 9.17) is 4.74 Å². The van der Waals surface area contributed by atoms with E-state index < -0.39 is 30.2 Å². The fourth-order valence-electron chi connectivity index (χ4n) is 2.14. The zero-order valence-electron chi connectivity index (χ0n) is 14.5. The van der Waals surface area contributed by atoms with Crippen LogP contribution >= 0.6 is 0 Å². The Balaban J connectivity index is 1.76. The molecule has 0 aliphatic carbocycles. The number of aryl methyl sites for hydroxylation is 2. The fourth-order valence-corrected chi connectivity index (χ4v) is 2.14. The molecule has 0 heterocycles.